The number of carboxylic acid groups (broad SMARTS) is 2. The van der Waals surface area contributed by atoms with E-state index in [2.05, 4.69) is 20.4 Å². The van der Waals surface area contributed by atoms with Crippen LogP contribution in [0.15, 0.2) is 34.8 Å². The fraction of sp³-hybridized carbons (Fsp3) is 0.385. The number of anilines is 2. The molecule has 1 fully saturated rings. The number of imidazole rings is 1. The Bertz CT molecular complexity index is 1810. The SMILES string of the molecule is C[C@H](N)CCn1c(N)nc2c1ccc[n+]2CC1=C(C(=O)O)N2C(=O)[C@@H](NC(=O)/C(=N\O[C@@H](C)C(=O)O)c3nc(N)sc3Cl)C2SC1. The zero-order valence-electron chi connectivity index (χ0n) is 24.4. The number of carbonyl (C=O) groups excluding carboxylic acids is 2. The van der Waals surface area contributed by atoms with Gasteiger partial charge >= 0.3 is 23.5 Å². The lowest BCUT2D eigenvalue weighted by Gasteiger charge is -2.49. The van der Waals surface area contributed by atoms with Gasteiger partial charge in [0, 0.05) is 23.9 Å². The number of nitrogens with zero attached hydrogens (tertiary/aromatic N) is 6. The van der Waals surface area contributed by atoms with Crippen LogP contribution in [0.5, 0.6) is 0 Å². The number of nitrogens with two attached hydrogens (primary N) is 3. The Morgan fingerprint density at radius 1 is 1.28 bits per heavy atom. The van der Waals surface area contributed by atoms with Gasteiger partial charge in [-0.3, -0.25) is 19.1 Å². The van der Waals surface area contributed by atoms with Gasteiger partial charge in [-0.25, -0.2) is 19.1 Å². The summed E-state index contributed by atoms with van der Waals surface area (Å²) >= 11 is 8.28. The number of aryl methyl sites for hydroxylation is 1. The number of fused-ring (bicyclic) bond motifs is 2. The lowest BCUT2D eigenvalue weighted by Crippen LogP contribution is -2.71. The minimum Gasteiger partial charge on any atom is -0.478 e. The third-order valence-corrected chi connectivity index (χ3v) is 9.63. The van der Waals surface area contributed by atoms with Gasteiger partial charge in [-0.05, 0) is 37.4 Å². The van der Waals surface area contributed by atoms with Crippen molar-refractivity contribution < 1.29 is 38.8 Å². The van der Waals surface area contributed by atoms with Crippen molar-refractivity contribution in [3.8, 4) is 0 Å². The zero-order valence-corrected chi connectivity index (χ0v) is 26.8. The number of thiazole rings is 1. The average Bonchev–Trinajstić information content (AvgIpc) is 3.51. The van der Waals surface area contributed by atoms with Crippen molar-refractivity contribution in [3.63, 3.8) is 0 Å². The lowest BCUT2D eigenvalue weighted by molar-refractivity contribution is -0.664. The molecule has 0 aromatic carbocycles. The van der Waals surface area contributed by atoms with Gasteiger partial charge in [-0.2, -0.15) is 0 Å². The summed E-state index contributed by atoms with van der Waals surface area (Å²) in [6.07, 6.45) is 1.01. The predicted octanol–water partition coefficient (Wildman–Crippen LogP) is -0.0320. The number of nitrogen functional groups attached to an aromatic ring is 2. The summed E-state index contributed by atoms with van der Waals surface area (Å²) in [6, 6.07) is 2.48. The van der Waals surface area contributed by atoms with Crippen molar-refractivity contribution in [1.82, 2.24) is 24.8 Å². The number of aliphatic carboxylic acids is 2. The number of hydrogen-bond acceptors (Lipinski definition) is 13. The summed E-state index contributed by atoms with van der Waals surface area (Å²) in [5, 5.41) is 24.8. The first-order valence-electron chi connectivity index (χ1n) is 13.8. The van der Waals surface area contributed by atoms with Crippen molar-refractivity contribution in [1.29, 1.82) is 0 Å². The number of carbonyl (C=O) groups is 4. The topological polar surface area (TPSA) is 258 Å². The van der Waals surface area contributed by atoms with E-state index in [1.165, 1.54) is 18.7 Å². The molecule has 0 saturated carbocycles. The van der Waals surface area contributed by atoms with Crippen molar-refractivity contribution in [3.05, 3.63) is 39.6 Å². The van der Waals surface area contributed by atoms with Crippen LogP contribution in [-0.2, 0) is 37.1 Å². The quantitative estimate of drug-likeness (QED) is 0.0631. The number of hydrogen-bond donors (Lipinski definition) is 6. The van der Waals surface area contributed by atoms with Crippen LogP contribution in [0.25, 0.3) is 11.2 Å². The monoisotopic (exact) mass is 693 g/mol. The molecule has 4 atom stereocenters. The van der Waals surface area contributed by atoms with E-state index in [0.717, 1.165) is 21.8 Å². The van der Waals surface area contributed by atoms with E-state index < -0.39 is 47.0 Å². The molecule has 1 saturated heterocycles. The van der Waals surface area contributed by atoms with Crippen LogP contribution in [0, 0.1) is 0 Å². The molecule has 0 radical (unpaired) electrons. The Morgan fingerprint density at radius 2 is 2.02 bits per heavy atom. The Hall–Kier alpha value is -4.46. The van der Waals surface area contributed by atoms with E-state index in [-0.39, 0.29) is 39.2 Å². The summed E-state index contributed by atoms with van der Waals surface area (Å²) < 4.78 is 3.60. The highest BCUT2D eigenvalue weighted by atomic mass is 35.5. The molecule has 3 aromatic heterocycles. The fourth-order valence-electron chi connectivity index (χ4n) is 4.90. The van der Waals surface area contributed by atoms with Gasteiger partial charge < -0.3 is 37.6 Å². The second-order valence-corrected chi connectivity index (χ2v) is 13.3. The minimum atomic E-state index is -1.42. The molecule has 9 N–H and O–H groups in total. The highest BCUT2D eigenvalue weighted by Gasteiger charge is 2.54. The van der Waals surface area contributed by atoms with E-state index in [1.807, 2.05) is 17.6 Å². The summed E-state index contributed by atoms with van der Waals surface area (Å²) in [6.45, 7) is 3.76. The Kier molecular flexibility index (Phi) is 9.38. The minimum absolute atomic E-state index is 0.0115. The van der Waals surface area contributed by atoms with Gasteiger partial charge in [-0.15, -0.1) is 11.8 Å². The summed E-state index contributed by atoms with van der Waals surface area (Å²) in [4.78, 5) is 64.9. The average molecular weight is 694 g/mol. The Balaban J connectivity index is 1.39. The van der Waals surface area contributed by atoms with Gasteiger partial charge in [0.25, 0.3) is 11.8 Å². The van der Waals surface area contributed by atoms with E-state index >= 15 is 0 Å². The molecule has 5 rings (SSSR count). The molecule has 20 heteroatoms. The van der Waals surface area contributed by atoms with Crippen LogP contribution < -0.4 is 27.1 Å². The molecule has 0 aliphatic carbocycles. The van der Waals surface area contributed by atoms with E-state index in [1.54, 1.807) is 16.8 Å². The third kappa shape index (κ3) is 6.30. The van der Waals surface area contributed by atoms with Crippen molar-refractivity contribution in [2.75, 3.05) is 17.2 Å². The number of halogens is 1. The third-order valence-electron chi connectivity index (χ3n) is 7.21. The van der Waals surface area contributed by atoms with Crippen LogP contribution in [0.4, 0.5) is 11.1 Å². The molecule has 0 spiro atoms. The molecule has 3 aromatic rings. The number of β-lactam (4-membered cyclic amide) rings is 1. The molecular weight excluding hydrogens is 664 g/mol. The fourth-order valence-corrected chi connectivity index (χ4v) is 7.17. The summed E-state index contributed by atoms with van der Waals surface area (Å²) in [5.41, 5.74) is 18.7. The number of oxime groups is 1. The van der Waals surface area contributed by atoms with Crippen LogP contribution >= 0.6 is 34.7 Å². The normalized spacial score (nSPS) is 19.4. The molecular formula is C26H30ClN10O7S2+. The van der Waals surface area contributed by atoms with Gasteiger partial charge in [0.1, 0.15) is 39.2 Å². The van der Waals surface area contributed by atoms with E-state index in [0.29, 0.717) is 30.1 Å². The first-order valence-corrected chi connectivity index (χ1v) is 16.0. The molecule has 5 heterocycles. The van der Waals surface area contributed by atoms with Gasteiger partial charge in [0.15, 0.2) is 10.8 Å². The lowest BCUT2D eigenvalue weighted by atomic mass is 10.0. The number of nitrogens with one attached hydrogen (secondary N) is 1. The molecule has 2 amide bonds. The Morgan fingerprint density at radius 3 is 2.65 bits per heavy atom. The smallest absolute Gasteiger partial charge is 0.352 e. The van der Waals surface area contributed by atoms with E-state index in [4.69, 9.17) is 38.7 Å². The van der Waals surface area contributed by atoms with Crippen molar-refractivity contribution in [2.45, 2.75) is 56.9 Å². The van der Waals surface area contributed by atoms with Crippen LogP contribution in [0.3, 0.4) is 0 Å². The van der Waals surface area contributed by atoms with Crippen LogP contribution in [-0.4, -0.2) is 88.4 Å². The molecule has 46 heavy (non-hydrogen) atoms. The first kappa shape index (κ1) is 32.9. The second kappa shape index (κ2) is 13.1. The number of thioether (sulfide) groups is 1. The molecule has 2 aliphatic rings. The number of rotatable bonds is 12. The maximum Gasteiger partial charge on any atom is 0.352 e. The highest BCUT2D eigenvalue weighted by Crippen LogP contribution is 2.40. The van der Waals surface area contributed by atoms with Gasteiger partial charge in [-0.1, -0.05) is 28.1 Å². The number of aromatic nitrogens is 4. The molecule has 0 bridgehead atoms. The van der Waals surface area contributed by atoms with Crippen LogP contribution in [0.1, 0.15) is 26.0 Å². The number of amides is 2. The molecule has 2 aliphatic heterocycles. The van der Waals surface area contributed by atoms with Gasteiger partial charge in [0.2, 0.25) is 6.10 Å². The number of carboxylic acids is 2. The van der Waals surface area contributed by atoms with Gasteiger partial charge in [0.05, 0.1) is 6.20 Å². The molecule has 1 unspecified atom stereocenters. The predicted molar refractivity (Wildman–Crippen MR) is 169 cm³/mol. The maximum atomic E-state index is 13.4. The summed E-state index contributed by atoms with van der Waals surface area (Å²) in [7, 11) is 0. The highest BCUT2D eigenvalue weighted by molar-refractivity contribution is 8.00. The van der Waals surface area contributed by atoms with E-state index in [9.17, 15) is 24.3 Å². The van der Waals surface area contributed by atoms with Crippen molar-refractivity contribution >= 4 is 86.4 Å². The molecule has 17 nitrogen and oxygen atoms in total. The Labute approximate surface area is 274 Å². The molecule has 244 valence electrons. The van der Waals surface area contributed by atoms with Crippen molar-refractivity contribution in [2.24, 2.45) is 10.9 Å². The maximum absolute atomic E-state index is 13.4. The number of pyridine rings is 1. The van der Waals surface area contributed by atoms with Crippen LogP contribution in [0.2, 0.25) is 4.34 Å². The standard InChI is InChI=1S/C26H29ClN10O7S2/c1-10(28)5-7-36-13-4-3-6-35(19(13)33-25(36)29)8-12-9-45-22-16(21(39)37(22)17(12)24(42)43)31-20(38)15(34-44-11(2)23(40)41)14-18(27)46-26(30)32-14/h3-4,6,10-11,16,22,29H,5,7-9,28H2,1-2H3,(H5,30,31,32,38,40,41,42,43)/p+1/b34-15-/t10-,11-,16+,22?/m0/s1. The zero-order chi connectivity index (χ0) is 33.4. The summed E-state index contributed by atoms with van der Waals surface area (Å²) in [5.74, 6) is -3.75. The first-order chi connectivity index (χ1) is 21.8. The second-order valence-electron chi connectivity index (χ2n) is 10.6. The largest absolute Gasteiger partial charge is 0.478 e.